The Kier molecular flexibility index (Phi) is 19.1. The SMILES string of the molecule is C=C(C)C(=O)OCCNC(=O)Oc1cccc(-c2ccccn2)c1.CCC(=O)c1cccc(-c2ccccn2)c1.CCC(=O)c1cccc(-c2ccccn2)c1.[Ir]. The molecule has 0 atom stereocenters. The third-order valence-electron chi connectivity index (χ3n) is 7.89. The number of ketones is 2. The van der Waals surface area contributed by atoms with Crippen LogP contribution in [0.25, 0.3) is 33.8 Å². The molecule has 1 radical (unpaired) electrons. The molecule has 293 valence electrons. The molecule has 0 unspecified atom stereocenters. The van der Waals surface area contributed by atoms with Crippen molar-refractivity contribution in [3.05, 3.63) is 169 Å². The van der Waals surface area contributed by atoms with Crippen LogP contribution in [-0.4, -0.2) is 51.7 Å². The summed E-state index contributed by atoms with van der Waals surface area (Å²) >= 11 is 0. The largest absolute Gasteiger partial charge is 0.460 e. The first-order valence-corrected chi connectivity index (χ1v) is 18.1. The van der Waals surface area contributed by atoms with Crippen molar-refractivity contribution < 1.29 is 48.8 Å². The van der Waals surface area contributed by atoms with Crippen molar-refractivity contribution in [3.63, 3.8) is 0 Å². The summed E-state index contributed by atoms with van der Waals surface area (Å²) < 4.78 is 10.1. The van der Waals surface area contributed by atoms with Crippen LogP contribution in [0.5, 0.6) is 5.75 Å². The molecule has 57 heavy (non-hydrogen) atoms. The number of benzene rings is 3. The number of rotatable bonds is 12. The molecule has 0 aliphatic rings. The summed E-state index contributed by atoms with van der Waals surface area (Å²) in [4.78, 5) is 58.8. The molecule has 3 aromatic heterocycles. The molecule has 1 N–H and O–H groups in total. The van der Waals surface area contributed by atoms with E-state index >= 15 is 0 Å². The van der Waals surface area contributed by atoms with Gasteiger partial charge in [-0.15, -0.1) is 0 Å². The molecular formula is C46H44IrN4O6. The molecule has 3 aromatic carbocycles. The molecule has 1 amide bonds. The fourth-order valence-electron chi connectivity index (χ4n) is 4.99. The number of nitrogens with one attached hydrogen (secondary N) is 1. The van der Waals surface area contributed by atoms with E-state index in [9.17, 15) is 19.2 Å². The van der Waals surface area contributed by atoms with Gasteiger partial charge in [-0.1, -0.05) is 87.2 Å². The number of hydrogen-bond acceptors (Lipinski definition) is 9. The fraction of sp³-hybridized carbons (Fsp3) is 0.152. The smallest absolute Gasteiger partial charge is 0.412 e. The minimum Gasteiger partial charge on any atom is -0.460 e. The van der Waals surface area contributed by atoms with E-state index in [0.29, 0.717) is 24.2 Å². The molecule has 0 aliphatic heterocycles. The average Bonchev–Trinajstić information content (AvgIpc) is 3.26. The Labute approximate surface area is 346 Å². The van der Waals surface area contributed by atoms with E-state index in [1.54, 1.807) is 43.7 Å². The van der Waals surface area contributed by atoms with Crippen molar-refractivity contribution in [2.45, 2.75) is 33.6 Å². The molecule has 0 saturated carbocycles. The van der Waals surface area contributed by atoms with Gasteiger partial charge in [0, 0.05) is 84.9 Å². The number of Topliss-reactive ketones (excluding diaryl/α,β-unsaturated/α-hetero) is 2. The Balaban J connectivity index is 0.000000234. The van der Waals surface area contributed by atoms with Gasteiger partial charge in [0.25, 0.3) is 0 Å². The molecular weight excluding hydrogens is 897 g/mol. The standard InChI is InChI=1S/C18H18N2O4.2C14H13NO.Ir/c1-13(2)17(21)23-11-10-20-18(22)24-15-7-5-6-14(12-15)16-8-3-4-9-19-16;2*1-2-14(16)12-7-5-6-11(10-12)13-8-3-4-9-15-13;/h3-9,12H,1,10-11H2,2H3,(H,20,22);2*3-10H,2H2,1H3;. The third kappa shape index (κ3) is 15.0. The van der Waals surface area contributed by atoms with Gasteiger partial charge in [-0.3, -0.25) is 24.5 Å². The normalized spacial score (nSPS) is 9.81. The second-order valence-corrected chi connectivity index (χ2v) is 12.1. The first-order chi connectivity index (χ1) is 27.2. The van der Waals surface area contributed by atoms with E-state index in [1.807, 2.05) is 123 Å². The van der Waals surface area contributed by atoms with Crippen molar-refractivity contribution in [1.82, 2.24) is 20.3 Å². The quantitative estimate of drug-likeness (QED) is 0.0551. The van der Waals surface area contributed by atoms with Crippen LogP contribution in [0.1, 0.15) is 54.3 Å². The topological polar surface area (TPSA) is 137 Å². The average molecular weight is 941 g/mol. The number of carbonyl (C=O) groups excluding carboxylic acids is 4. The van der Waals surface area contributed by atoms with Gasteiger partial charge in [0.1, 0.15) is 12.4 Å². The zero-order valence-electron chi connectivity index (χ0n) is 32.0. The molecule has 0 bridgehead atoms. The minimum atomic E-state index is -0.625. The minimum absolute atomic E-state index is 0. The Morgan fingerprint density at radius 1 is 0.596 bits per heavy atom. The van der Waals surface area contributed by atoms with Crippen molar-refractivity contribution >= 4 is 23.6 Å². The molecule has 3 heterocycles. The van der Waals surface area contributed by atoms with Crippen LogP contribution >= 0.6 is 0 Å². The number of carbonyl (C=O) groups is 4. The van der Waals surface area contributed by atoms with Crippen molar-refractivity contribution in [2.75, 3.05) is 13.2 Å². The fourth-order valence-corrected chi connectivity index (χ4v) is 4.99. The Morgan fingerprint density at radius 2 is 1.04 bits per heavy atom. The summed E-state index contributed by atoms with van der Waals surface area (Å²) in [5.74, 6) is 0.235. The Hall–Kier alpha value is -6.42. The number of hydrogen-bond donors (Lipinski definition) is 1. The molecule has 0 spiro atoms. The van der Waals surface area contributed by atoms with Crippen LogP contribution in [0.2, 0.25) is 0 Å². The summed E-state index contributed by atoms with van der Waals surface area (Å²) in [5, 5.41) is 2.50. The summed E-state index contributed by atoms with van der Waals surface area (Å²) in [6.07, 6.45) is 5.64. The van der Waals surface area contributed by atoms with Crippen LogP contribution in [-0.2, 0) is 29.6 Å². The maximum atomic E-state index is 11.7. The predicted molar refractivity (Wildman–Crippen MR) is 218 cm³/mol. The number of ether oxygens (including phenoxy) is 2. The Morgan fingerprint density at radius 3 is 1.44 bits per heavy atom. The van der Waals surface area contributed by atoms with E-state index in [4.69, 9.17) is 9.47 Å². The number of pyridine rings is 3. The number of nitrogens with zero attached hydrogens (tertiary/aromatic N) is 3. The van der Waals surface area contributed by atoms with Crippen molar-refractivity contribution in [3.8, 4) is 39.5 Å². The van der Waals surface area contributed by atoms with Gasteiger partial charge in [0.05, 0.1) is 23.6 Å². The van der Waals surface area contributed by atoms with Crippen molar-refractivity contribution in [2.24, 2.45) is 0 Å². The molecule has 11 heteroatoms. The maximum Gasteiger partial charge on any atom is 0.412 e. The number of aromatic nitrogens is 3. The van der Waals surface area contributed by atoms with Crippen LogP contribution in [0.15, 0.2) is 158 Å². The molecule has 6 aromatic rings. The van der Waals surface area contributed by atoms with Gasteiger partial charge >= 0.3 is 12.1 Å². The maximum absolute atomic E-state index is 11.7. The third-order valence-corrected chi connectivity index (χ3v) is 7.89. The van der Waals surface area contributed by atoms with Gasteiger partial charge in [-0.2, -0.15) is 0 Å². The van der Waals surface area contributed by atoms with Gasteiger partial charge in [-0.25, -0.2) is 9.59 Å². The second kappa shape index (κ2) is 24.2. The summed E-state index contributed by atoms with van der Waals surface area (Å²) in [6.45, 7) is 8.96. The molecule has 0 fully saturated rings. The predicted octanol–water partition coefficient (Wildman–Crippen LogP) is 9.64. The van der Waals surface area contributed by atoms with Gasteiger partial charge < -0.3 is 14.8 Å². The zero-order chi connectivity index (χ0) is 40.1. The van der Waals surface area contributed by atoms with Gasteiger partial charge in [-0.05, 0) is 67.6 Å². The second-order valence-electron chi connectivity index (χ2n) is 12.1. The molecule has 0 aliphatic carbocycles. The summed E-state index contributed by atoms with van der Waals surface area (Å²) in [6, 6.07) is 39.4. The van der Waals surface area contributed by atoms with E-state index in [0.717, 1.165) is 44.9 Å². The summed E-state index contributed by atoms with van der Waals surface area (Å²) in [5.41, 5.74) is 7.22. The molecule has 10 nitrogen and oxygen atoms in total. The van der Waals surface area contributed by atoms with E-state index < -0.39 is 12.1 Å². The van der Waals surface area contributed by atoms with E-state index in [1.165, 1.54) is 0 Å². The molecule has 6 rings (SSSR count). The van der Waals surface area contributed by atoms with E-state index in [-0.39, 0.29) is 44.8 Å². The monoisotopic (exact) mass is 941 g/mol. The van der Waals surface area contributed by atoms with E-state index in [2.05, 4.69) is 26.8 Å². The Bertz CT molecular complexity index is 2120. The molecule has 0 saturated heterocycles. The van der Waals surface area contributed by atoms with Crippen LogP contribution < -0.4 is 10.1 Å². The first kappa shape index (κ1) is 45.0. The number of esters is 1. The van der Waals surface area contributed by atoms with Crippen LogP contribution in [0.4, 0.5) is 4.79 Å². The zero-order valence-corrected chi connectivity index (χ0v) is 34.4. The van der Waals surface area contributed by atoms with Crippen LogP contribution in [0.3, 0.4) is 0 Å². The van der Waals surface area contributed by atoms with Gasteiger partial charge in [0.2, 0.25) is 0 Å². The van der Waals surface area contributed by atoms with Crippen molar-refractivity contribution in [1.29, 1.82) is 0 Å². The first-order valence-electron chi connectivity index (χ1n) is 18.1. The number of amides is 1. The summed E-state index contributed by atoms with van der Waals surface area (Å²) in [7, 11) is 0. The van der Waals surface area contributed by atoms with Crippen LogP contribution in [0, 0.1) is 0 Å². The van der Waals surface area contributed by atoms with Gasteiger partial charge in [0.15, 0.2) is 11.6 Å².